The molecule has 1 N–H and O–H groups in total. The van der Waals surface area contributed by atoms with Crippen molar-refractivity contribution in [2.75, 3.05) is 13.6 Å². The summed E-state index contributed by atoms with van der Waals surface area (Å²) in [5, 5.41) is 2.93. The molecule has 0 fully saturated rings. The molecule has 0 amide bonds. The van der Waals surface area contributed by atoms with Crippen LogP contribution >= 0.6 is 0 Å². The van der Waals surface area contributed by atoms with Crippen LogP contribution in [0, 0.1) is 16.7 Å². The lowest BCUT2D eigenvalue weighted by Gasteiger charge is -2.41. The molecule has 1 heteroatoms. The fraction of sp³-hybridized carbons (Fsp3) is 0.900. The van der Waals surface area contributed by atoms with Crippen LogP contribution in [-0.4, -0.2) is 13.6 Å². The van der Waals surface area contributed by atoms with E-state index in [1.807, 2.05) is 7.05 Å². The molecule has 1 aliphatic carbocycles. The fourth-order valence-corrected chi connectivity index (χ4v) is 3.15. The van der Waals surface area contributed by atoms with E-state index in [9.17, 15) is 0 Å². The monoisotopic (exact) mass is 295 g/mol. The predicted molar refractivity (Wildman–Crippen MR) is 97.8 cm³/mol. The zero-order valence-corrected chi connectivity index (χ0v) is 16.1. The summed E-state index contributed by atoms with van der Waals surface area (Å²) in [7, 11) is 1.93. The second-order valence-electron chi connectivity index (χ2n) is 7.62. The van der Waals surface area contributed by atoms with Crippen molar-refractivity contribution in [3.63, 3.8) is 0 Å². The van der Waals surface area contributed by atoms with E-state index >= 15 is 0 Å². The summed E-state index contributed by atoms with van der Waals surface area (Å²) in [6.45, 7) is 17.4. The summed E-state index contributed by atoms with van der Waals surface area (Å²) in [4.78, 5) is 0. The van der Waals surface area contributed by atoms with Gasteiger partial charge in [0.1, 0.15) is 0 Å². The highest BCUT2D eigenvalue weighted by Gasteiger charge is 2.34. The second-order valence-corrected chi connectivity index (χ2v) is 7.62. The van der Waals surface area contributed by atoms with Gasteiger partial charge in [-0.05, 0) is 56.0 Å². The maximum Gasteiger partial charge on any atom is -0.00804 e. The number of allylic oxidation sites excluding steroid dienone is 2. The molecule has 1 atom stereocenters. The minimum atomic E-state index is 0.395. The van der Waals surface area contributed by atoms with Gasteiger partial charge in [0, 0.05) is 0 Å². The van der Waals surface area contributed by atoms with Gasteiger partial charge in [0.2, 0.25) is 0 Å². The third kappa shape index (κ3) is 6.14. The second kappa shape index (κ2) is 9.66. The van der Waals surface area contributed by atoms with Crippen molar-refractivity contribution in [1.82, 2.24) is 5.32 Å². The Bertz CT molecular complexity index is 299. The lowest BCUT2D eigenvalue weighted by atomic mass is 9.64. The Morgan fingerprint density at radius 3 is 2.10 bits per heavy atom. The number of hydrogen-bond donors (Lipinski definition) is 1. The first-order valence-corrected chi connectivity index (χ1v) is 9.13. The van der Waals surface area contributed by atoms with E-state index in [0.29, 0.717) is 10.8 Å². The van der Waals surface area contributed by atoms with Crippen molar-refractivity contribution in [1.29, 1.82) is 0 Å². The summed E-state index contributed by atoms with van der Waals surface area (Å²) in [5.74, 6) is 0.744. The third-order valence-corrected chi connectivity index (χ3v) is 5.86. The quantitative estimate of drug-likeness (QED) is 0.575. The van der Waals surface area contributed by atoms with Crippen molar-refractivity contribution < 1.29 is 0 Å². The van der Waals surface area contributed by atoms with Gasteiger partial charge in [-0.3, -0.25) is 0 Å². The molecule has 0 heterocycles. The summed E-state index contributed by atoms with van der Waals surface area (Å²) in [6, 6.07) is 0. The Morgan fingerprint density at radius 2 is 1.81 bits per heavy atom. The number of hydrogen-bond acceptors (Lipinski definition) is 1. The van der Waals surface area contributed by atoms with Gasteiger partial charge < -0.3 is 5.32 Å². The first kappa shape index (κ1) is 20.7. The lowest BCUT2D eigenvalue weighted by Crippen LogP contribution is -2.29. The van der Waals surface area contributed by atoms with Crippen LogP contribution in [0.3, 0.4) is 0 Å². The highest BCUT2D eigenvalue weighted by atomic mass is 14.8. The molecule has 0 aliphatic heterocycles. The molecule has 1 rings (SSSR count). The van der Waals surface area contributed by atoms with Crippen molar-refractivity contribution in [3.8, 4) is 0 Å². The standard InChI is InChI=1S/C17H32.C3H9N/c1-7-11-17(8-2)12-9-15(10-13-17)16(5,6)14(3)4;1-3-4-2/h9,14H,7-8,10-13H2,1-6H3;4H,3H2,1-2H3. The molecule has 126 valence electrons. The van der Waals surface area contributed by atoms with Crippen molar-refractivity contribution in [3.05, 3.63) is 11.6 Å². The van der Waals surface area contributed by atoms with Crippen molar-refractivity contribution in [2.24, 2.45) is 16.7 Å². The van der Waals surface area contributed by atoms with Crippen LogP contribution in [0.2, 0.25) is 0 Å². The topological polar surface area (TPSA) is 12.0 Å². The Kier molecular flexibility index (Phi) is 9.53. The molecule has 21 heavy (non-hydrogen) atoms. The van der Waals surface area contributed by atoms with Gasteiger partial charge in [0.25, 0.3) is 0 Å². The van der Waals surface area contributed by atoms with Gasteiger partial charge in [-0.25, -0.2) is 0 Å². The minimum absolute atomic E-state index is 0.395. The summed E-state index contributed by atoms with van der Waals surface area (Å²) < 4.78 is 0. The summed E-state index contributed by atoms with van der Waals surface area (Å²) >= 11 is 0. The van der Waals surface area contributed by atoms with Crippen molar-refractivity contribution >= 4 is 0 Å². The highest BCUT2D eigenvalue weighted by Crippen LogP contribution is 2.47. The Morgan fingerprint density at radius 1 is 1.24 bits per heavy atom. The molecule has 0 aromatic rings. The zero-order valence-electron chi connectivity index (χ0n) is 16.1. The van der Waals surface area contributed by atoms with Crippen LogP contribution in [0.15, 0.2) is 11.6 Å². The normalized spacial score (nSPS) is 22.6. The van der Waals surface area contributed by atoms with E-state index < -0.39 is 0 Å². The van der Waals surface area contributed by atoms with Crippen LogP contribution in [0.4, 0.5) is 0 Å². The molecule has 1 nitrogen and oxygen atoms in total. The van der Waals surface area contributed by atoms with Gasteiger partial charge in [-0.2, -0.15) is 0 Å². The first-order chi connectivity index (χ1) is 9.79. The number of rotatable bonds is 6. The molecular weight excluding hydrogens is 254 g/mol. The van der Waals surface area contributed by atoms with Gasteiger partial charge in [0.15, 0.2) is 0 Å². The largest absolute Gasteiger partial charge is 0.320 e. The first-order valence-electron chi connectivity index (χ1n) is 9.13. The van der Waals surface area contributed by atoms with Gasteiger partial charge in [-0.15, -0.1) is 0 Å². The van der Waals surface area contributed by atoms with E-state index in [-0.39, 0.29) is 0 Å². The van der Waals surface area contributed by atoms with E-state index in [2.05, 4.69) is 59.9 Å². The van der Waals surface area contributed by atoms with E-state index in [4.69, 9.17) is 0 Å². The highest BCUT2D eigenvalue weighted by molar-refractivity contribution is 5.17. The van der Waals surface area contributed by atoms with E-state index in [0.717, 1.165) is 12.5 Å². The van der Waals surface area contributed by atoms with Crippen LogP contribution < -0.4 is 5.32 Å². The van der Waals surface area contributed by atoms with Crippen LogP contribution in [-0.2, 0) is 0 Å². The molecule has 1 aliphatic rings. The van der Waals surface area contributed by atoms with Crippen LogP contribution in [0.5, 0.6) is 0 Å². The molecule has 0 saturated carbocycles. The van der Waals surface area contributed by atoms with Crippen LogP contribution in [0.25, 0.3) is 0 Å². The maximum absolute atomic E-state index is 2.93. The molecule has 0 saturated heterocycles. The molecule has 0 aromatic heterocycles. The molecule has 0 spiro atoms. The Balaban J connectivity index is 0.000000885. The minimum Gasteiger partial charge on any atom is -0.320 e. The van der Waals surface area contributed by atoms with Gasteiger partial charge in [-0.1, -0.05) is 73.0 Å². The number of nitrogens with one attached hydrogen (secondary N) is 1. The SMILES string of the molecule is CCCC1(CC)CC=C(C(C)(C)C(C)C)CC1.CCNC. The van der Waals surface area contributed by atoms with Gasteiger partial charge >= 0.3 is 0 Å². The Hall–Kier alpha value is -0.300. The molecule has 1 unspecified atom stereocenters. The smallest absolute Gasteiger partial charge is 0.00804 e. The van der Waals surface area contributed by atoms with E-state index in [1.54, 1.807) is 5.57 Å². The lowest BCUT2D eigenvalue weighted by molar-refractivity contribution is 0.197. The van der Waals surface area contributed by atoms with Crippen LogP contribution in [0.1, 0.15) is 87.0 Å². The summed E-state index contributed by atoms with van der Waals surface area (Å²) in [5.41, 5.74) is 2.74. The predicted octanol–water partition coefficient (Wildman–Crippen LogP) is 6.20. The molecule has 0 aromatic carbocycles. The zero-order chi connectivity index (χ0) is 16.5. The average Bonchev–Trinajstić information content (AvgIpc) is 2.48. The van der Waals surface area contributed by atoms with Crippen molar-refractivity contribution in [2.45, 2.75) is 87.0 Å². The fourth-order valence-electron chi connectivity index (χ4n) is 3.15. The van der Waals surface area contributed by atoms with Gasteiger partial charge in [0.05, 0.1) is 0 Å². The third-order valence-electron chi connectivity index (χ3n) is 5.86. The molecule has 0 bridgehead atoms. The Labute approximate surface area is 135 Å². The maximum atomic E-state index is 2.93. The van der Waals surface area contributed by atoms with E-state index in [1.165, 1.54) is 38.5 Å². The molecular formula is C20H41N. The average molecular weight is 296 g/mol. The summed E-state index contributed by atoms with van der Waals surface area (Å²) in [6.07, 6.45) is 10.8. The molecule has 0 radical (unpaired) electrons.